The van der Waals surface area contributed by atoms with E-state index in [1.807, 2.05) is 6.92 Å². The Labute approximate surface area is 128 Å². The monoisotopic (exact) mass is 301 g/mol. The van der Waals surface area contributed by atoms with Gasteiger partial charge in [-0.2, -0.15) is 0 Å². The van der Waals surface area contributed by atoms with Crippen LogP contribution >= 0.6 is 0 Å². The van der Waals surface area contributed by atoms with Crippen molar-refractivity contribution in [3.63, 3.8) is 0 Å². The van der Waals surface area contributed by atoms with Crippen LogP contribution in [-0.4, -0.2) is 30.8 Å². The van der Waals surface area contributed by atoms with E-state index in [1.165, 1.54) is 6.07 Å². The highest BCUT2D eigenvalue weighted by atomic mass is 16.3. The summed E-state index contributed by atoms with van der Waals surface area (Å²) < 4.78 is 2.07. The van der Waals surface area contributed by atoms with Gasteiger partial charge in [0.25, 0.3) is 5.91 Å². The average molecular weight is 301 g/mol. The molecule has 2 aromatic rings. The predicted octanol–water partition coefficient (Wildman–Crippen LogP) is 1.51. The van der Waals surface area contributed by atoms with E-state index in [0.29, 0.717) is 0 Å². The number of hydrogen-bond acceptors (Lipinski definition) is 5. The van der Waals surface area contributed by atoms with Gasteiger partial charge in [0.1, 0.15) is 11.6 Å². The molecular weight excluding hydrogens is 282 g/mol. The summed E-state index contributed by atoms with van der Waals surface area (Å²) >= 11 is 0. The topological polar surface area (TPSA) is 92.9 Å². The molecule has 22 heavy (non-hydrogen) atoms. The van der Waals surface area contributed by atoms with Crippen molar-refractivity contribution in [3.05, 3.63) is 35.2 Å². The number of nitrogens with one attached hydrogen (secondary N) is 1. The van der Waals surface area contributed by atoms with Crippen molar-refractivity contribution in [3.8, 4) is 5.75 Å². The summed E-state index contributed by atoms with van der Waals surface area (Å²) in [6, 6.07) is 1.22. The maximum Gasteiger partial charge on any atom is 0.274 e. The zero-order chi connectivity index (χ0) is 15.7. The lowest BCUT2D eigenvalue weighted by molar-refractivity contribution is 0.0929. The Bertz CT molecular complexity index is 710. The number of fused-ring (bicyclic) bond motifs is 1. The summed E-state index contributed by atoms with van der Waals surface area (Å²) in [5.41, 5.74) is 0.824. The SMILES string of the molecule is Cc1cnc(C(=O)NC(C)c2nnc3n2CCCC3)c(O)c1. The molecule has 0 fully saturated rings. The van der Waals surface area contributed by atoms with Gasteiger partial charge in [0.05, 0.1) is 6.04 Å². The molecule has 1 aliphatic rings. The van der Waals surface area contributed by atoms with Crippen molar-refractivity contribution in [1.82, 2.24) is 25.1 Å². The van der Waals surface area contributed by atoms with E-state index in [9.17, 15) is 9.90 Å². The summed E-state index contributed by atoms with van der Waals surface area (Å²) in [4.78, 5) is 16.3. The Kier molecular flexibility index (Phi) is 3.79. The van der Waals surface area contributed by atoms with Gasteiger partial charge >= 0.3 is 0 Å². The lowest BCUT2D eigenvalue weighted by Gasteiger charge is -2.18. The summed E-state index contributed by atoms with van der Waals surface area (Å²) in [5.74, 6) is 1.18. The summed E-state index contributed by atoms with van der Waals surface area (Å²) in [6.07, 6.45) is 4.70. The Hall–Kier alpha value is -2.44. The number of carbonyl (C=O) groups is 1. The van der Waals surface area contributed by atoms with Crippen LogP contribution in [-0.2, 0) is 13.0 Å². The second kappa shape index (κ2) is 5.75. The molecule has 0 aliphatic carbocycles. The van der Waals surface area contributed by atoms with Gasteiger partial charge in [-0.05, 0) is 38.3 Å². The van der Waals surface area contributed by atoms with Crippen molar-refractivity contribution < 1.29 is 9.90 Å². The van der Waals surface area contributed by atoms with Gasteiger partial charge in [0.15, 0.2) is 11.5 Å². The van der Waals surface area contributed by atoms with Crippen molar-refractivity contribution in [2.45, 2.75) is 45.7 Å². The molecule has 116 valence electrons. The molecule has 1 atom stereocenters. The first-order valence-corrected chi connectivity index (χ1v) is 7.44. The molecule has 1 unspecified atom stereocenters. The van der Waals surface area contributed by atoms with Crippen LogP contribution in [0, 0.1) is 6.92 Å². The molecule has 0 aromatic carbocycles. The predicted molar refractivity (Wildman–Crippen MR) is 79.5 cm³/mol. The molecule has 7 nitrogen and oxygen atoms in total. The molecule has 3 rings (SSSR count). The third-order valence-corrected chi connectivity index (χ3v) is 3.84. The minimum atomic E-state index is -0.418. The number of nitrogens with zero attached hydrogens (tertiary/aromatic N) is 4. The number of rotatable bonds is 3. The van der Waals surface area contributed by atoms with Crippen molar-refractivity contribution in [2.24, 2.45) is 0 Å². The number of hydrogen-bond donors (Lipinski definition) is 2. The van der Waals surface area contributed by atoms with Crippen molar-refractivity contribution >= 4 is 5.91 Å². The van der Waals surface area contributed by atoms with Crippen molar-refractivity contribution in [2.75, 3.05) is 0 Å². The van der Waals surface area contributed by atoms with Gasteiger partial charge in [-0.1, -0.05) is 0 Å². The second-order valence-corrected chi connectivity index (χ2v) is 5.66. The Morgan fingerprint density at radius 1 is 1.41 bits per heavy atom. The Morgan fingerprint density at radius 3 is 3.00 bits per heavy atom. The minimum absolute atomic E-state index is 0.0239. The van der Waals surface area contributed by atoms with Crippen LogP contribution in [0.25, 0.3) is 0 Å². The third-order valence-electron chi connectivity index (χ3n) is 3.84. The first kappa shape index (κ1) is 14.5. The highest BCUT2D eigenvalue weighted by Gasteiger charge is 2.23. The Morgan fingerprint density at radius 2 is 2.23 bits per heavy atom. The maximum absolute atomic E-state index is 12.3. The quantitative estimate of drug-likeness (QED) is 0.896. The second-order valence-electron chi connectivity index (χ2n) is 5.66. The number of amides is 1. The minimum Gasteiger partial charge on any atom is -0.505 e. The smallest absolute Gasteiger partial charge is 0.274 e. The molecule has 7 heteroatoms. The molecule has 1 aliphatic heterocycles. The van der Waals surface area contributed by atoms with Crippen LogP contribution < -0.4 is 5.32 Å². The van der Waals surface area contributed by atoms with Gasteiger partial charge in [-0.15, -0.1) is 10.2 Å². The van der Waals surface area contributed by atoms with E-state index >= 15 is 0 Å². The average Bonchev–Trinajstić information content (AvgIpc) is 2.91. The largest absolute Gasteiger partial charge is 0.505 e. The zero-order valence-electron chi connectivity index (χ0n) is 12.7. The standard InChI is InChI=1S/C15H19N5O2/c1-9-7-11(21)13(16-8-9)15(22)17-10(2)14-19-18-12-5-3-4-6-20(12)14/h7-8,10,21H,3-6H2,1-2H3,(H,17,22). The van der Waals surface area contributed by atoms with Crippen LogP contribution in [0.3, 0.4) is 0 Å². The van der Waals surface area contributed by atoms with Gasteiger partial charge < -0.3 is 15.0 Å². The summed E-state index contributed by atoms with van der Waals surface area (Å²) in [5, 5.41) is 21.0. The molecule has 0 saturated carbocycles. The molecule has 1 amide bonds. The first-order valence-electron chi connectivity index (χ1n) is 7.44. The highest BCUT2D eigenvalue weighted by Crippen LogP contribution is 2.20. The number of aromatic hydroxyl groups is 1. The van der Waals surface area contributed by atoms with Crippen LogP contribution in [0.1, 0.15) is 53.5 Å². The fourth-order valence-corrected chi connectivity index (χ4v) is 2.71. The van der Waals surface area contributed by atoms with Crippen molar-refractivity contribution in [1.29, 1.82) is 0 Å². The van der Waals surface area contributed by atoms with E-state index in [1.54, 1.807) is 13.1 Å². The van der Waals surface area contributed by atoms with Crippen LogP contribution in [0.2, 0.25) is 0 Å². The van der Waals surface area contributed by atoms with Gasteiger partial charge in [-0.25, -0.2) is 4.98 Å². The van der Waals surface area contributed by atoms with Crippen LogP contribution in [0.15, 0.2) is 12.3 Å². The molecule has 2 N–H and O–H groups in total. The Balaban J connectivity index is 1.77. The van der Waals surface area contributed by atoms with E-state index in [-0.39, 0.29) is 17.5 Å². The molecule has 3 heterocycles. The molecular formula is C15H19N5O2. The van der Waals surface area contributed by atoms with Gasteiger partial charge in [0, 0.05) is 19.2 Å². The first-order chi connectivity index (χ1) is 10.6. The highest BCUT2D eigenvalue weighted by molar-refractivity contribution is 5.95. The summed E-state index contributed by atoms with van der Waals surface area (Å²) in [6.45, 7) is 4.54. The lowest BCUT2D eigenvalue weighted by atomic mass is 10.1. The molecule has 0 radical (unpaired) electrons. The third kappa shape index (κ3) is 2.66. The fraction of sp³-hybridized carbons (Fsp3) is 0.467. The van der Waals surface area contributed by atoms with E-state index in [0.717, 1.165) is 43.0 Å². The fourth-order valence-electron chi connectivity index (χ4n) is 2.71. The maximum atomic E-state index is 12.3. The summed E-state index contributed by atoms with van der Waals surface area (Å²) in [7, 11) is 0. The lowest BCUT2D eigenvalue weighted by Crippen LogP contribution is -2.30. The molecule has 0 saturated heterocycles. The van der Waals surface area contributed by atoms with Crippen LogP contribution in [0.5, 0.6) is 5.75 Å². The number of pyridine rings is 1. The number of carbonyl (C=O) groups excluding carboxylic acids is 1. The normalized spacial score (nSPS) is 15.2. The number of aromatic nitrogens is 4. The molecule has 0 bridgehead atoms. The van der Waals surface area contributed by atoms with E-state index in [2.05, 4.69) is 25.1 Å². The molecule has 2 aromatic heterocycles. The number of aryl methyl sites for hydroxylation is 2. The van der Waals surface area contributed by atoms with E-state index in [4.69, 9.17) is 0 Å². The molecule has 0 spiro atoms. The van der Waals surface area contributed by atoms with Gasteiger partial charge in [0.2, 0.25) is 0 Å². The zero-order valence-corrected chi connectivity index (χ0v) is 12.7. The van der Waals surface area contributed by atoms with Gasteiger partial charge in [-0.3, -0.25) is 4.79 Å². The van der Waals surface area contributed by atoms with Crippen LogP contribution in [0.4, 0.5) is 0 Å². The van der Waals surface area contributed by atoms with E-state index < -0.39 is 5.91 Å².